The molecule has 0 aliphatic heterocycles. The van der Waals surface area contributed by atoms with E-state index in [1.54, 1.807) is 19.1 Å². The van der Waals surface area contributed by atoms with Crippen LogP contribution < -0.4 is 10.2 Å². The minimum atomic E-state index is -0.742. The highest BCUT2D eigenvalue weighted by Gasteiger charge is 2.16. The van der Waals surface area contributed by atoms with E-state index in [-0.39, 0.29) is 5.69 Å². The Balaban J connectivity index is 1.99. The molecule has 0 heterocycles. The fourth-order valence-electron chi connectivity index (χ4n) is 2.33. The van der Waals surface area contributed by atoms with Gasteiger partial charge in [0.15, 0.2) is 6.10 Å². The molecule has 1 N–H and O–H groups in total. The van der Waals surface area contributed by atoms with E-state index >= 15 is 0 Å². The molecule has 2 rings (SSSR count). The Kier molecular flexibility index (Phi) is 6.65. The smallest absolute Gasteiger partial charge is 0.280 e. The number of carbonyl (C=O) groups excluding carboxylic acids is 1. The average Bonchev–Trinajstić information content (AvgIpc) is 2.63. The summed E-state index contributed by atoms with van der Waals surface area (Å²) in [5, 5.41) is 14.6. The van der Waals surface area contributed by atoms with Gasteiger partial charge in [0.1, 0.15) is 5.75 Å². The molecule has 0 radical (unpaired) electrons. The van der Waals surface area contributed by atoms with Crippen LogP contribution in [0, 0.1) is 17.0 Å². The van der Waals surface area contributed by atoms with Gasteiger partial charge in [0, 0.05) is 17.7 Å². The first-order valence-electron chi connectivity index (χ1n) is 8.62. The third kappa shape index (κ3) is 5.64. The Bertz CT molecular complexity index is 862. The molecular formula is C20H23N3O4. The Hall–Kier alpha value is -3.22. The number of hydrogen-bond donors (Lipinski definition) is 1. The average molecular weight is 369 g/mol. The van der Waals surface area contributed by atoms with Crippen molar-refractivity contribution in [2.24, 2.45) is 5.10 Å². The van der Waals surface area contributed by atoms with E-state index in [0.717, 1.165) is 11.1 Å². The molecule has 1 amide bonds. The molecule has 2 aromatic carbocycles. The van der Waals surface area contributed by atoms with Crippen LogP contribution in [0.1, 0.15) is 43.4 Å². The van der Waals surface area contributed by atoms with Gasteiger partial charge in [0.2, 0.25) is 0 Å². The van der Waals surface area contributed by atoms with E-state index in [2.05, 4.69) is 24.4 Å². The van der Waals surface area contributed by atoms with Crippen LogP contribution >= 0.6 is 0 Å². The van der Waals surface area contributed by atoms with Crippen molar-refractivity contribution in [3.63, 3.8) is 0 Å². The predicted octanol–water partition coefficient (Wildman–Crippen LogP) is 3.94. The first-order chi connectivity index (χ1) is 12.8. The summed E-state index contributed by atoms with van der Waals surface area (Å²) in [6, 6.07) is 11.9. The second-order valence-corrected chi connectivity index (χ2v) is 6.53. The third-order valence-electron chi connectivity index (χ3n) is 4.02. The maximum Gasteiger partial charge on any atom is 0.280 e. The van der Waals surface area contributed by atoms with Crippen molar-refractivity contribution in [1.29, 1.82) is 0 Å². The Labute approximate surface area is 158 Å². The molecule has 1 atom stereocenters. The summed E-state index contributed by atoms with van der Waals surface area (Å²) in [5.74, 6) is 0.606. The largest absolute Gasteiger partial charge is 0.481 e. The number of nitro benzene ring substituents is 1. The molecule has 0 aromatic heterocycles. The number of hydrogen-bond acceptors (Lipinski definition) is 5. The normalized spacial score (nSPS) is 12.2. The van der Waals surface area contributed by atoms with E-state index in [1.807, 2.05) is 25.1 Å². The maximum absolute atomic E-state index is 12.2. The van der Waals surface area contributed by atoms with E-state index < -0.39 is 16.9 Å². The van der Waals surface area contributed by atoms with Gasteiger partial charge in [-0.2, -0.15) is 5.10 Å². The van der Waals surface area contributed by atoms with Crippen molar-refractivity contribution in [1.82, 2.24) is 5.43 Å². The molecule has 7 nitrogen and oxygen atoms in total. The van der Waals surface area contributed by atoms with Gasteiger partial charge in [-0.3, -0.25) is 14.9 Å². The number of amides is 1. The van der Waals surface area contributed by atoms with Crippen molar-refractivity contribution in [3.05, 3.63) is 69.3 Å². The third-order valence-corrected chi connectivity index (χ3v) is 4.02. The highest BCUT2D eigenvalue weighted by atomic mass is 16.6. The van der Waals surface area contributed by atoms with E-state index in [1.165, 1.54) is 18.3 Å². The SMILES string of the molecule is Cc1ccc(C(C)C)cc1OC(C)C(=O)NN=Cc1cccc([N+](=O)[O-])c1. The summed E-state index contributed by atoms with van der Waals surface area (Å²) in [6.07, 6.45) is 0.607. The highest BCUT2D eigenvalue weighted by molar-refractivity contribution is 5.84. The van der Waals surface area contributed by atoms with Crippen LogP contribution in [0.5, 0.6) is 5.75 Å². The Morgan fingerprint density at radius 3 is 2.63 bits per heavy atom. The lowest BCUT2D eigenvalue weighted by molar-refractivity contribution is -0.384. The van der Waals surface area contributed by atoms with Gasteiger partial charge in [-0.05, 0) is 37.0 Å². The second-order valence-electron chi connectivity index (χ2n) is 6.53. The lowest BCUT2D eigenvalue weighted by Crippen LogP contribution is -2.33. The Morgan fingerprint density at radius 1 is 1.22 bits per heavy atom. The lowest BCUT2D eigenvalue weighted by atomic mass is 10.0. The van der Waals surface area contributed by atoms with Gasteiger partial charge >= 0.3 is 0 Å². The molecule has 7 heteroatoms. The number of nitrogens with zero attached hydrogens (tertiary/aromatic N) is 2. The number of rotatable bonds is 7. The fraction of sp³-hybridized carbons (Fsp3) is 0.300. The molecule has 0 bridgehead atoms. The maximum atomic E-state index is 12.2. The summed E-state index contributed by atoms with van der Waals surface area (Å²) in [4.78, 5) is 22.5. The van der Waals surface area contributed by atoms with Gasteiger partial charge in [0.05, 0.1) is 11.1 Å². The van der Waals surface area contributed by atoms with Crippen LogP contribution in [0.15, 0.2) is 47.6 Å². The van der Waals surface area contributed by atoms with E-state index in [0.29, 0.717) is 17.2 Å². The number of nitro groups is 1. The molecule has 0 aliphatic rings. The van der Waals surface area contributed by atoms with Crippen LogP contribution in [0.25, 0.3) is 0 Å². The first kappa shape index (κ1) is 20.1. The van der Waals surface area contributed by atoms with Crippen molar-refractivity contribution in [2.45, 2.75) is 39.7 Å². The van der Waals surface area contributed by atoms with Gasteiger partial charge in [0.25, 0.3) is 11.6 Å². The topological polar surface area (TPSA) is 93.8 Å². The monoisotopic (exact) mass is 369 g/mol. The van der Waals surface area contributed by atoms with E-state index in [4.69, 9.17) is 4.74 Å². The zero-order valence-corrected chi connectivity index (χ0v) is 15.8. The van der Waals surface area contributed by atoms with Crippen LogP contribution in [-0.4, -0.2) is 23.1 Å². The molecule has 0 fully saturated rings. The standard InChI is InChI=1S/C20H23N3O4/c1-13(2)17-9-8-14(3)19(11-17)27-15(4)20(24)22-21-12-16-6-5-7-18(10-16)23(25)26/h5-13,15H,1-4H3,(H,22,24). The molecule has 1 unspecified atom stereocenters. The lowest BCUT2D eigenvalue weighted by Gasteiger charge is -2.16. The zero-order valence-electron chi connectivity index (χ0n) is 15.8. The number of carbonyl (C=O) groups is 1. The quantitative estimate of drug-likeness (QED) is 0.454. The van der Waals surface area contributed by atoms with Crippen molar-refractivity contribution in [2.75, 3.05) is 0 Å². The molecule has 0 spiro atoms. The van der Waals surface area contributed by atoms with Crippen molar-refractivity contribution in [3.8, 4) is 5.75 Å². The number of hydrazone groups is 1. The van der Waals surface area contributed by atoms with Crippen LogP contribution in [0.4, 0.5) is 5.69 Å². The van der Waals surface area contributed by atoms with Crippen LogP contribution in [0.2, 0.25) is 0 Å². The highest BCUT2D eigenvalue weighted by Crippen LogP contribution is 2.25. The summed E-state index contributed by atoms with van der Waals surface area (Å²) in [7, 11) is 0. The molecule has 0 saturated carbocycles. The molecule has 142 valence electrons. The first-order valence-corrected chi connectivity index (χ1v) is 8.62. The van der Waals surface area contributed by atoms with Gasteiger partial charge < -0.3 is 4.74 Å². The molecule has 27 heavy (non-hydrogen) atoms. The predicted molar refractivity (Wildman–Crippen MR) is 104 cm³/mol. The van der Waals surface area contributed by atoms with Gasteiger partial charge in [-0.25, -0.2) is 5.43 Å². The van der Waals surface area contributed by atoms with E-state index in [9.17, 15) is 14.9 Å². The fourth-order valence-corrected chi connectivity index (χ4v) is 2.33. The zero-order chi connectivity index (χ0) is 20.0. The minimum Gasteiger partial charge on any atom is -0.481 e. The van der Waals surface area contributed by atoms with Crippen molar-refractivity contribution < 1.29 is 14.5 Å². The number of ether oxygens (including phenoxy) is 1. The van der Waals surface area contributed by atoms with Crippen LogP contribution in [-0.2, 0) is 4.79 Å². The number of nitrogens with one attached hydrogen (secondary N) is 1. The van der Waals surface area contributed by atoms with Crippen LogP contribution in [0.3, 0.4) is 0 Å². The Morgan fingerprint density at radius 2 is 1.96 bits per heavy atom. The molecule has 0 saturated heterocycles. The number of non-ortho nitro benzene ring substituents is 1. The summed E-state index contributed by atoms with van der Waals surface area (Å²) in [6.45, 7) is 7.74. The molecular weight excluding hydrogens is 346 g/mol. The minimum absolute atomic E-state index is 0.0394. The summed E-state index contributed by atoms with van der Waals surface area (Å²) < 4.78 is 5.78. The van der Waals surface area contributed by atoms with Gasteiger partial charge in [-0.15, -0.1) is 0 Å². The molecule has 2 aromatic rings. The summed E-state index contributed by atoms with van der Waals surface area (Å²) >= 11 is 0. The number of aryl methyl sites for hydroxylation is 1. The molecule has 0 aliphatic carbocycles. The number of benzene rings is 2. The van der Waals surface area contributed by atoms with Crippen molar-refractivity contribution >= 4 is 17.8 Å². The summed E-state index contributed by atoms with van der Waals surface area (Å²) in [5.41, 5.74) is 4.94. The second kappa shape index (κ2) is 8.93. The van der Waals surface area contributed by atoms with Gasteiger partial charge in [-0.1, -0.05) is 38.1 Å².